The molecule has 118 valence electrons. The van der Waals surface area contributed by atoms with Gasteiger partial charge in [0.25, 0.3) is 0 Å². The monoisotopic (exact) mass is 291 g/mol. The van der Waals surface area contributed by atoms with Crippen LogP contribution in [-0.4, -0.2) is 42.5 Å². The molecule has 1 aliphatic heterocycles. The summed E-state index contributed by atoms with van der Waals surface area (Å²) in [6.07, 6.45) is 8.58. The van der Waals surface area contributed by atoms with Crippen molar-refractivity contribution in [3.63, 3.8) is 0 Å². The van der Waals surface area contributed by atoms with E-state index in [1.807, 2.05) is 27.7 Å². The van der Waals surface area contributed by atoms with E-state index < -0.39 is 5.54 Å². The van der Waals surface area contributed by atoms with Gasteiger partial charge in [0.1, 0.15) is 0 Å². The smallest absolute Gasteiger partial charge is 0.182 e. The number of Topliss-reactive ketones (excluding diaryl/α,β-unsaturated/α-hetero) is 1. The summed E-state index contributed by atoms with van der Waals surface area (Å²) in [6, 6.07) is 0. The first-order valence-electron chi connectivity index (χ1n) is 7.53. The van der Waals surface area contributed by atoms with Crippen LogP contribution in [0.5, 0.6) is 0 Å². The average molecular weight is 291 g/mol. The van der Waals surface area contributed by atoms with E-state index in [0.29, 0.717) is 18.8 Å². The largest absolute Gasteiger partial charge is 0.379 e. The quantitative estimate of drug-likeness (QED) is 0.554. The minimum atomic E-state index is -0.538. The van der Waals surface area contributed by atoms with E-state index in [-0.39, 0.29) is 5.78 Å². The summed E-state index contributed by atoms with van der Waals surface area (Å²) in [4.78, 5) is 14.8. The minimum Gasteiger partial charge on any atom is -0.379 e. The number of morpholine rings is 1. The Kier molecular flexibility index (Phi) is 9.59. The van der Waals surface area contributed by atoms with Crippen molar-refractivity contribution in [2.75, 3.05) is 26.3 Å². The van der Waals surface area contributed by atoms with Gasteiger partial charge in [-0.25, -0.2) is 0 Å². The standard InChI is InChI=1S/C16H23NO2.C2H6/c1-5-7-9-14(8-6-2)15(18)16(3,4)17-10-12-19-13-11-17;1-2/h5-9H,1-2,10-13H2,3-4H3;1-2H3/b9-7-,14-8+;. The summed E-state index contributed by atoms with van der Waals surface area (Å²) in [7, 11) is 0. The Morgan fingerprint density at radius 3 is 2.19 bits per heavy atom. The Bertz CT molecular complexity index is 399. The molecule has 0 aromatic heterocycles. The highest BCUT2D eigenvalue weighted by Gasteiger charge is 2.36. The number of hydrogen-bond donors (Lipinski definition) is 0. The van der Waals surface area contributed by atoms with E-state index >= 15 is 0 Å². The summed E-state index contributed by atoms with van der Waals surface area (Å²) in [5, 5.41) is 0. The fourth-order valence-corrected chi connectivity index (χ4v) is 2.12. The molecule has 0 radical (unpaired) electrons. The van der Waals surface area contributed by atoms with Crippen molar-refractivity contribution in [3.8, 4) is 0 Å². The topological polar surface area (TPSA) is 29.5 Å². The maximum atomic E-state index is 12.7. The summed E-state index contributed by atoms with van der Waals surface area (Å²) in [6.45, 7) is 18.1. The second-order valence-corrected chi connectivity index (χ2v) is 4.94. The van der Waals surface area contributed by atoms with Crippen LogP contribution < -0.4 is 0 Å². The maximum Gasteiger partial charge on any atom is 0.182 e. The lowest BCUT2D eigenvalue weighted by Gasteiger charge is -2.39. The maximum absolute atomic E-state index is 12.7. The predicted molar refractivity (Wildman–Crippen MR) is 90.4 cm³/mol. The molecular formula is C18H29NO2. The van der Waals surface area contributed by atoms with Gasteiger partial charge in [0.05, 0.1) is 18.8 Å². The molecule has 1 rings (SSSR count). The molecule has 0 aromatic carbocycles. The fourth-order valence-electron chi connectivity index (χ4n) is 2.12. The predicted octanol–water partition coefficient (Wildman–Crippen LogP) is 3.55. The average Bonchev–Trinajstić information content (AvgIpc) is 2.53. The van der Waals surface area contributed by atoms with Gasteiger partial charge in [-0.05, 0) is 13.8 Å². The van der Waals surface area contributed by atoms with Crippen molar-refractivity contribution in [2.24, 2.45) is 0 Å². The lowest BCUT2D eigenvalue weighted by molar-refractivity contribution is -0.128. The molecule has 1 heterocycles. The highest BCUT2D eigenvalue weighted by atomic mass is 16.5. The number of rotatable bonds is 6. The minimum absolute atomic E-state index is 0.0902. The fraction of sp³-hybridized carbons (Fsp3) is 0.500. The zero-order chi connectivity index (χ0) is 16.3. The van der Waals surface area contributed by atoms with Gasteiger partial charge >= 0.3 is 0 Å². The van der Waals surface area contributed by atoms with Gasteiger partial charge in [-0.1, -0.05) is 57.4 Å². The van der Waals surface area contributed by atoms with Crippen LogP contribution in [0.4, 0.5) is 0 Å². The summed E-state index contributed by atoms with van der Waals surface area (Å²) >= 11 is 0. The van der Waals surface area contributed by atoms with E-state index in [2.05, 4.69) is 18.1 Å². The van der Waals surface area contributed by atoms with E-state index in [9.17, 15) is 4.79 Å². The van der Waals surface area contributed by atoms with Gasteiger partial charge in [0, 0.05) is 18.7 Å². The summed E-state index contributed by atoms with van der Waals surface area (Å²) < 4.78 is 5.34. The molecule has 0 aromatic rings. The van der Waals surface area contributed by atoms with Crippen LogP contribution in [0.1, 0.15) is 27.7 Å². The molecule has 1 saturated heterocycles. The second kappa shape index (κ2) is 10.3. The Morgan fingerprint density at radius 2 is 1.71 bits per heavy atom. The van der Waals surface area contributed by atoms with Crippen LogP contribution in [0, 0.1) is 0 Å². The first kappa shape index (κ1) is 19.6. The number of ether oxygens (including phenoxy) is 1. The van der Waals surface area contributed by atoms with E-state index in [0.717, 1.165) is 13.1 Å². The molecule has 0 amide bonds. The van der Waals surface area contributed by atoms with Crippen molar-refractivity contribution in [3.05, 3.63) is 49.1 Å². The number of carbonyl (C=O) groups is 1. The molecule has 0 aliphatic carbocycles. The number of ketones is 1. The number of hydrogen-bond acceptors (Lipinski definition) is 3. The van der Waals surface area contributed by atoms with Crippen molar-refractivity contribution < 1.29 is 9.53 Å². The van der Waals surface area contributed by atoms with Crippen molar-refractivity contribution >= 4 is 5.78 Å². The van der Waals surface area contributed by atoms with E-state index in [4.69, 9.17) is 4.74 Å². The molecule has 0 atom stereocenters. The van der Waals surface area contributed by atoms with Gasteiger partial charge in [0.2, 0.25) is 0 Å². The zero-order valence-electron chi connectivity index (χ0n) is 13.9. The number of carbonyl (C=O) groups excluding carboxylic acids is 1. The van der Waals surface area contributed by atoms with Crippen molar-refractivity contribution in [2.45, 2.75) is 33.2 Å². The lowest BCUT2D eigenvalue weighted by atomic mass is 9.90. The van der Waals surface area contributed by atoms with Crippen LogP contribution in [0.25, 0.3) is 0 Å². The SMILES string of the molecule is C=C/C=C\C(=C/C=C)C(=O)C(C)(C)N1CCOCC1.CC. The Hall–Kier alpha value is -1.45. The molecule has 0 spiro atoms. The zero-order valence-corrected chi connectivity index (χ0v) is 13.9. The van der Waals surface area contributed by atoms with E-state index in [1.165, 1.54) is 0 Å². The van der Waals surface area contributed by atoms with Crippen LogP contribution in [0.15, 0.2) is 49.1 Å². The Balaban J connectivity index is 0.00000191. The highest BCUT2D eigenvalue weighted by Crippen LogP contribution is 2.22. The molecule has 3 nitrogen and oxygen atoms in total. The normalized spacial score (nSPS) is 17.0. The Labute approximate surface area is 129 Å². The van der Waals surface area contributed by atoms with Gasteiger partial charge in [0.15, 0.2) is 5.78 Å². The summed E-state index contributed by atoms with van der Waals surface area (Å²) in [5.41, 5.74) is 0.107. The third-order valence-electron chi connectivity index (χ3n) is 3.33. The number of nitrogens with zero attached hydrogens (tertiary/aromatic N) is 1. The molecule has 1 aliphatic rings. The first-order chi connectivity index (χ1) is 10.0. The summed E-state index contributed by atoms with van der Waals surface area (Å²) in [5.74, 6) is 0.0902. The van der Waals surface area contributed by atoms with Gasteiger partial charge in [-0.15, -0.1) is 0 Å². The molecular weight excluding hydrogens is 262 g/mol. The molecule has 0 saturated carbocycles. The van der Waals surface area contributed by atoms with Gasteiger partial charge < -0.3 is 4.74 Å². The van der Waals surface area contributed by atoms with Crippen LogP contribution in [-0.2, 0) is 9.53 Å². The van der Waals surface area contributed by atoms with Gasteiger partial charge in [-0.2, -0.15) is 0 Å². The number of allylic oxidation sites excluding steroid dienone is 5. The van der Waals surface area contributed by atoms with Gasteiger partial charge in [-0.3, -0.25) is 9.69 Å². The van der Waals surface area contributed by atoms with Crippen LogP contribution >= 0.6 is 0 Å². The molecule has 1 fully saturated rings. The molecule has 0 bridgehead atoms. The first-order valence-corrected chi connectivity index (χ1v) is 7.53. The Morgan fingerprint density at radius 1 is 1.14 bits per heavy atom. The molecule has 3 heteroatoms. The van der Waals surface area contributed by atoms with Crippen molar-refractivity contribution in [1.82, 2.24) is 4.90 Å². The molecule has 21 heavy (non-hydrogen) atoms. The van der Waals surface area contributed by atoms with Crippen molar-refractivity contribution in [1.29, 1.82) is 0 Å². The van der Waals surface area contributed by atoms with Crippen LogP contribution in [0.3, 0.4) is 0 Å². The third-order valence-corrected chi connectivity index (χ3v) is 3.33. The lowest BCUT2D eigenvalue weighted by Crippen LogP contribution is -2.54. The molecule has 0 N–H and O–H groups in total. The van der Waals surface area contributed by atoms with E-state index in [1.54, 1.807) is 30.4 Å². The third kappa shape index (κ3) is 5.82. The second-order valence-electron chi connectivity index (χ2n) is 4.94. The highest BCUT2D eigenvalue weighted by molar-refractivity contribution is 6.04. The van der Waals surface area contributed by atoms with Crippen LogP contribution in [0.2, 0.25) is 0 Å². The molecule has 0 unspecified atom stereocenters.